The minimum atomic E-state index is -5.78. The second-order valence-electron chi connectivity index (χ2n) is 4.61. The van der Waals surface area contributed by atoms with Gasteiger partial charge in [0.05, 0.1) is 0 Å². The summed E-state index contributed by atoms with van der Waals surface area (Å²) >= 11 is 0. The minimum absolute atomic E-state index is 0.183. The number of hydrogen-bond donors (Lipinski definition) is 2. The number of carbonyl (C=O) groups excluding carboxylic acids is 2. The molecule has 0 saturated carbocycles. The van der Waals surface area contributed by atoms with Crippen molar-refractivity contribution in [3.63, 3.8) is 0 Å². The molecule has 0 aliphatic rings. The first-order chi connectivity index (χ1) is 10.6. The minimum Gasteiger partial charge on any atom is -0.326 e. The Labute approximate surface area is 131 Å². The zero-order chi connectivity index (χ0) is 17.7. The van der Waals surface area contributed by atoms with Crippen LogP contribution >= 0.6 is 0 Å². The Morgan fingerprint density at radius 1 is 1.22 bits per heavy atom. The molecule has 2 amide bonds. The zero-order valence-electron chi connectivity index (χ0n) is 12.1. The van der Waals surface area contributed by atoms with E-state index >= 15 is 0 Å². The second-order valence-corrected chi connectivity index (χ2v) is 6.29. The molecule has 23 heavy (non-hydrogen) atoms. The van der Waals surface area contributed by atoms with E-state index in [2.05, 4.69) is 5.32 Å². The van der Waals surface area contributed by atoms with E-state index in [-0.39, 0.29) is 23.6 Å². The van der Waals surface area contributed by atoms with Crippen LogP contribution in [0.25, 0.3) is 0 Å². The monoisotopic (exact) mass is 352 g/mol. The number of hydrogen-bond acceptors (Lipinski definition) is 4. The average molecular weight is 352 g/mol. The molecule has 2 N–H and O–H groups in total. The van der Waals surface area contributed by atoms with Crippen molar-refractivity contribution in [3.8, 4) is 0 Å². The molecule has 0 aromatic heterocycles. The third kappa shape index (κ3) is 5.55. The maximum atomic E-state index is 12.2. The van der Waals surface area contributed by atoms with Crippen molar-refractivity contribution in [1.82, 2.24) is 4.72 Å². The van der Waals surface area contributed by atoms with Crippen LogP contribution in [0, 0.1) is 0 Å². The highest BCUT2D eigenvalue weighted by Crippen LogP contribution is 2.22. The first-order valence-corrected chi connectivity index (χ1v) is 8.08. The molecule has 0 atom stereocenters. The van der Waals surface area contributed by atoms with E-state index in [9.17, 15) is 31.2 Å². The average Bonchev–Trinajstić information content (AvgIpc) is 2.43. The molecule has 10 heteroatoms. The molecular weight excluding hydrogens is 337 g/mol. The Kier molecular flexibility index (Phi) is 6.13. The normalized spacial score (nSPS) is 11.8. The molecule has 0 aliphatic carbocycles. The third-order valence-corrected chi connectivity index (χ3v) is 3.76. The Morgan fingerprint density at radius 3 is 2.43 bits per heavy atom. The predicted octanol–water partition coefficient (Wildman–Crippen LogP) is 2.39. The summed E-state index contributed by atoms with van der Waals surface area (Å²) in [7, 11) is -5.78. The van der Waals surface area contributed by atoms with Gasteiger partial charge in [0.1, 0.15) is 0 Å². The largest absolute Gasteiger partial charge is 0.516 e. The van der Waals surface area contributed by atoms with Gasteiger partial charge in [-0.1, -0.05) is 19.4 Å². The van der Waals surface area contributed by atoms with Crippen molar-refractivity contribution in [2.24, 2.45) is 0 Å². The topological polar surface area (TPSA) is 92.3 Å². The summed E-state index contributed by atoms with van der Waals surface area (Å²) in [5.41, 5.74) is -5.73. The highest BCUT2D eigenvalue weighted by Gasteiger charge is 2.47. The van der Waals surface area contributed by atoms with Crippen molar-refractivity contribution in [3.05, 3.63) is 29.8 Å². The lowest BCUT2D eigenvalue weighted by Crippen LogP contribution is -2.40. The molecule has 0 bridgehead atoms. The molecule has 128 valence electrons. The van der Waals surface area contributed by atoms with Gasteiger partial charge in [0.25, 0.3) is 5.91 Å². The predicted molar refractivity (Wildman–Crippen MR) is 77.0 cm³/mol. The van der Waals surface area contributed by atoms with Gasteiger partial charge < -0.3 is 5.32 Å². The number of sulfonamides is 1. The number of unbranched alkanes of at least 4 members (excludes halogenated alkanes) is 1. The molecule has 0 fully saturated rings. The molecule has 0 aliphatic heterocycles. The smallest absolute Gasteiger partial charge is 0.326 e. The number of rotatable bonds is 6. The molecular formula is C13H15F3N2O4S. The summed E-state index contributed by atoms with van der Waals surface area (Å²) in [4.78, 5) is 23.2. The number of nitrogens with one attached hydrogen (secondary N) is 2. The van der Waals surface area contributed by atoms with Crippen molar-refractivity contribution < 1.29 is 31.2 Å². The van der Waals surface area contributed by atoms with Gasteiger partial charge in [-0.3, -0.25) is 9.59 Å². The van der Waals surface area contributed by atoms with E-state index in [4.69, 9.17) is 0 Å². The lowest BCUT2D eigenvalue weighted by Gasteiger charge is -2.10. The van der Waals surface area contributed by atoms with Crippen LogP contribution in [-0.2, 0) is 14.8 Å². The maximum absolute atomic E-state index is 12.2. The lowest BCUT2D eigenvalue weighted by molar-refractivity contribution is -0.116. The number of anilines is 1. The van der Waals surface area contributed by atoms with Crippen molar-refractivity contribution in [2.45, 2.75) is 31.7 Å². The molecule has 0 unspecified atom stereocenters. The number of amides is 2. The third-order valence-electron chi connectivity index (χ3n) is 2.70. The molecule has 0 radical (unpaired) electrons. The van der Waals surface area contributed by atoms with Crippen LogP contribution in [0.15, 0.2) is 24.3 Å². The van der Waals surface area contributed by atoms with Crippen LogP contribution in [0.2, 0.25) is 0 Å². The Hall–Kier alpha value is -2.10. The van der Waals surface area contributed by atoms with Gasteiger partial charge in [-0.25, -0.2) is 4.72 Å². The summed E-state index contributed by atoms with van der Waals surface area (Å²) in [6, 6.07) is 4.96. The number of benzene rings is 1. The van der Waals surface area contributed by atoms with E-state index in [1.54, 1.807) is 0 Å². The Morgan fingerprint density at radius 2 is 1.87 bits per heavy atom. The van der Waals surface area contributed by atoms with E-state index in [0.29, 0.717) is 6.42 Å². The van der Waals surface area contributed by atoms with Crippen molar-refractivity contribution in [1.29, 1.82) is 0 Å². The van der Waals surface area contributed by atoms with Gasteiger partial charge in [0.2, 0.25) is 5.91 Å². The number of alkyl halides is 3. The Balaban J connectivity index is 2.84. The number of halogens is 3. The van der Waals surface area contributed by atoms with Gasteiger partial charge in [0, 0.05) is 17.7 Å². The second kappa shape index (κ2) is 7.44. The fourth-order valence-corrected chi connectivity index (χ4v) is 2.02. The first kappa shape index (κ1) is 18.9. The van der Waals surface area contributed by atoms with Gasteiger partial charge in [-0.15, -0.1) is 0 Å². The fourth-order valence-electron chi connectivity index (χ4n) is 1.54. The van der Waals surface area contributed by atoms with Crippen LogP contribution in [0.1, 0.15) is 36.5 Å². The summed E-state index contributed by atoms with van der Waals surface area (Å²) in [6.45, 7) is 1.90. The molecule has 0 saturated heterocycles. The van der Waals surface area contributed by atoms with Crippen LogP contribution in [-0.4, -0.2) is 25.7 Å². The summed E-state index contributed by atoms with van der Waals surface area (Å²) in [6.07, 6.45) is 1.73. The van der Waals surface area contributed by atoms with Crippen LogP contribution in [0.5, 0.6) is 0 Å². The highest BCUT2D eigenvalue weighted by atomic mass is 32.2. The van der Waals surface area contributed by atoms with Crippen LogP contribution in [0.3, 0.4) is 0 Å². The molecule has 1 rings (SSSR count). The quantitative estimate of drug-likeness (QED) is 0.822. The lowest BCUT2D eigenvalue weighted by atomic mass is 10.2. The standard InChI is InChI=1S/C13H15F3N2O4S/c1-2-3-7-11(19)17-10-6-4-5-9(8-10)12(20)18-23(21,22)13(14,15)16/h4-6,8H,2-3,7H2,1H3,(H,17,19)(H,18,20). The SMILES string of the molecule is CCCCC(=O)Nc1cccc(C(=O)NS(=O)(=O)C(F)(F)F)c1. The molecule has 1 aromatic carbocycles. The van der Waals surface area contributed by atoms with Crippen molar-refractivity contribution in [2.75, 3.05) is 5.32 Å². The van der Waals surface area contributed by atoms with E-state index < -0.39 is 21.4 Å². The summed E-state index contributed by atoms with van der Waals surface area (Å²) in [5.74, 6) is -1.75. The van der Waals surface area contributed by atoms with Gasteiger partial charge in [-0.2, -0.15) is 21.6 Å². The van der Waals surface area contributed by atoms with Gasteiger partial charge in [0.15, 0.2) is 0 Å². The summed E-state index contributed by atoms with van der Waals surface area (Å²) < 4.78 is 59.4. The molecule has 0 spiro atoms. The van der Waals surface area contributed by atoms with E-state index in [0.717, 1.165) is 23.3 Å². The van der Waals surface area contributed by atoms with Crippen molar-refractivity contribution >= 4 is 27.5 Å². The van der Waals surface area contributed by atoms with Crippen LogP contribution < -0.4 is 10.0 Å². The van der Waals surface area contributed by atoms with Gasteiger partial charge in [-0.05, 0) is 24.6 Å². The highest BCUT2D eigenvalue weighted by molar-refractivity contribution is 7.90. The van der Waals surface area contributed by atoms with Gasteiger partial charge >= 0.3 is 15.5 Å². The first-order valence-electron chi connectivity index (χ1n) is 6.60. The zero-order valence-corrected chi connectivity index (χ0v) is 12.9. The molecule has 6 nitrogen and oxygen atoms in total. The fraction of sp³-hybridized carbons (Fsp3) is 0.385. The van der Waals surface area contributed by atoms with E-state index in [1.165, 1.54) is 12.1 Å². The number of carbonyl (C=O) groups is 2. The Bertz CT molecular complexity index is 687. The molecule has 0 heterocycles. The molecule has 1 aromatic rings. The van der Waals surface area contributed by atoms with Crippen LogP contribution in [0.4, 0.5) is 18.9 Å². The van der Waals surface area contributed by atoms with E-state index in [1.807, 2.05) is 6.92 Å². The maximum Gasteiger partial charge on any atom is 0.516 e. The summed E-state index contributed by atoms with van der Waals surface area (Å²) in [5, 5.41) is 2.47.